The van der Waals surface area contributed by atoms with Crippen LogP contribution in [0.4, 0.5) is 4.39 Å². The minimum Gasteiger partial charge on any atom is -0.494 e. The minimum atomic E-state index is -0.406. The Balaban J connectivity index is 1.86. The van der Waals surface area contributed by atoms with Gasteiger partial charge >= 0.3 is 0 Å². The van der Waals surface area contributed by atoms with Gasteiger partial charge < -0.3 is 10.5 Å². The van der Waals surface area contributed by atoms with Gasteiger partial charge in [-0.25, -0.2) is 4.39 Å². The van der Waals surface area contributed by atoms with Crippen LogP contribution in [0, 0.1) is 5.82 Å². The lowest BCUT2D eigenvalue weighted by Gasteiger charge is -2.24. The van der Waals surface area contributed by atoms with E-state index in [1.807, 2.05) is 18.2 Å². The van der Waals surface area contributed by atoms with Crippen molar-refractivity contribution in [3.05, 3.63) is 65.0 Å². The van der Waals surface area contributed by atoms with Crippen LogP contribution in [0.1, 0.15) is 16.7 Å². The molecule has 0 fully saturated rings. The quantitative estimate of drug-likeness (QED) is 0.931. The topological polar surface area (TPSA) is 35.2 Å². The molecule has 1 aliphatic rings. The van der Waals surface area contributed by atoms with Gasteiger partial charge in [0.05, 0.1) is 7.11 Å². The first-order valence-electron chi connectivity index (χ1n) is 6.78. The van der Waals surface area contributed by atoms with Crippen LogP contribution in [0.15, 0.2) is 42.5 Å². The van der Waals surface area contributed by atoms with E-state index in [4.69, 9.17) is 10.5 Å². The molecule has 0 radical (unpaired) electrons. The van der Waals surface area contributed by atoms with Gasteiger partial charge in [-0.15, -0.1) is 0 Å². The van der Waals surface area contributed by atoms with E-state index < -0.39 is 5.54 Å². The summed E-state index contributed by atoms with van der Waals surface area (Å²) in [6.45, 7) is 0. The summed E-state index contributed by atoms with van der Waals surface area (Å²) in [5.74, 6) is -0.0163. The molecule has 3 heteroatoms. The summed E-state index contributed by atoms with van der Waals surface area (Å²) in [5, 5.41) is 0. The SMILES string of the molecule is COc1cccc(CC2(N)Cc3ccccc3C2)c1F. The molecular formula is C17H18FNO. The first kappa shape index (κ1) is 13.1. The van der Waals surface area contributed by atoms with Crippen molar-refractivity contribution in [3.8, 4) is 5.75 Å². The number of fused-ring (bicyclic) bond motifs is 1. The molecule has 0 saturated heterocycles. The van der Waals surface area contributed by atoms with E-state index in [0.29, 0.717) is 12.0 Å². The molecule has 1 aliphatic carbocycles. The number of methoxy groups -OCH3 is 1. The zero-order valence-corrected chi connectivity index (χ0v) is 11.5. The predicted molar refractivity (Wildman–Crippen MR) is 77.4 cm³/mol. The maximum atomic E-state index is 14.2. The normalized spacial score (nSPS) is 15.9. The van der Waals surface area contributed by atoms with Gasteiger partial charge in [-0.3, -0.25) is 0 Å². The van der Waals surface area contributed by atoms with Crippen LogP contribution < -0.4 is 10.5 Å². The highest BCUT2D eigenvalue weighted by Gasteiger charge is 2.34. The number of hydrogen-bond donors (Lipinski definition) is 1. The molecule has 0 aliphatic heterocycles. The lowest BCUT2D eigenvalue weighted by molar-refractivity contribution is 0.377. The van der Waals surface area contributed by atoms with Crippen LogP contribution in [0.2, 0.25) is 0 Å². The highest BCUT2D eigenvalue weighted by molar-refractivity contribution is 5.39. The smallest absolute Gasteiger partial charge is 0.168 e. The molecule has 0 unspecified atom stereocenters. The van der Waals surface area contributed by atoms with E-state index in [1.54, 1.807) is 12.1 Å². The Morgan fingerprint density at radius 1 is 1.10 bits per heavy atom. The van der Waals surface area contributed by atoms with Crippen molar-refractivity contribution < 1.29 is 9.13 Å². The first-order valence-corrected chi connectivity index (χ1v) is 6.78. The zero-order chi connectivity index (χ0) is 14.2. The third kappa shape index (κ3) is 2.29. The lowest BCUT2D eigenvalue weighted by Crippen LogP contribution is -2.43. The molecule has 0 aromatic heterocycles. The Bertz CT molecular complexity index is 614. The van der Waals surface area contributed by atoms with Crippen LogP contribution >= 0.6 is 0 Å². The molecule has 2 aromatic carbocycles. The van der Waals surface area contributed by atoms with Gasteiger partial charge in [0.1, 0.15) is 0 Å². The van der Waals surface area contributed by atoms with Crippen molar-refractivity contribution in [1.82, 2.24) is 0 Å². The lowest BCUT2D eigenvalue weighted by atomic mass is 9.88. The van der Waals surface area contributed by atoms with Crippen molar-refractivity contribution in [3.63, 3.8) is 0 Å². The summed E-state index contributed by atoms with van der Waals surface area (Å²) in [5.41, 5.74) is 9.27. The van der Waals surface area contributed by atoms with Crippen LogP contribution in [0.25, 0.3) is 0 Å². The molecule has 20 heavy (non-hydrogen) atoms. The molecule has 3 rings (SSSR count). The van der Waals surface area contributed by atoms with Crippen molar-refractivity contribution in [2.75, 3.05) is 7.11 Å². The summed E-state index contributed by atoms with van der Waals surface area (Å²) in [6, 6.07) is 13.5. The molecule has 0 bridgehead atoms. The summed E-state index contributed by atoms with van der Waals surface area (Å²) < 4.78 is 19.3. The van der Waals surface area contributed by atoms with Crippen LogP contribution in [0.3, 0.4) is 0 Å². The maximum Gasteiger partial charge on any atom is 0.168 e. The molecule has 0 atom stereocenters. The van der Waals surface area contributed by atoms with E-state index in [9.17, 15) is 4.39 Å². The second-order valence-electron chi connectivity index (χ2n) is 5.59. The van der Waals surface area contributed by atoms with Gasteiger partial charge in [0.15, 0.2) is 11.6 Å². The van der Waals surface area contributed by atoms with Crippen LogP contribution in [0.5, 0.6) is 5.75 Å². The Kier molecular flexibility index (Phi) is 3.22. The largest absolute Gasteiger partial charge is 0.494 e. The highest BCUT2D eigenvalue weighted by atomic mass is 19.1. The number of halogens is 1. The fourth-order valence-electron chi connectivity index (χ4n) is 3.08. The average molecular weight is 271 g/mol. The van der Waals surface area contributed by atoms with Crippen LogP contribution in [-0.4, -0.2) is 12.6 Å². The molecule has 0 spiro atoms. The standard InChI is InChI=1S/C17H18FNO/c1-20-15-8-4-7-14(16(15)18)11-17(19)9-12-5-2-3-6-13(12)10-17/h2-8H,9-11,19H2,1H3. The van der Waals surface area contributed by atoms with Gasteiger partial charge in [-0.05, 0) is 42.0 Å². The van der Waals surface area contributed by atoms with Gasteiger partial charge in [0, 0.05) is 5.54 Å². The summed E-state index contributed by atoms with van der Waals surface area (Å²) in [6.07, 6.45) is 2.10. The third-order valence-electron chi connectivity index (χ3n) is 4.01. The average Bonchev–Trinajstić information content (AvgIpc) is 2.77. The molecule has 0 amide bonds. The fourth-order valence-corrected chi connectivity index (χ4v) is 3.08. The van der Waals surface area contributed by atoms with Gasteiger partial charge in [-0.2, -0.15) is 0 Å². The minimum absolute atomic E-state index is 0.279. The Morgan fingerprint density at radius 3 is 2.35 bits per heavy atom. The van der Waals surface area contributed by atoms with Crippen LogP contribution in [-0.2, 0) is 19.3 Å². The van der Waals surface area contributed by atoms with Crippen molar-refractivity contribution >= 4 is 0 Å². The zero-order valence-electron chi connectivity index (χ0n) is 11.5. The first-order chi connectivity index (χ1) is 9.61. The van der Waals surface area contributed by atoms with E-state index in [-0.39, 0.29) is 11.6 Å². The number of benzene rings is 2. The number of hydrogen-bond acceptors (Lipinski definition) is 2. The van der Waals surface area contributed by atoms with E-state index in [1.165, 1.54) is 18.2 Å². The summed E-state index contributed by atoms with van der Waals surface area (Å²) >= 11 is 0. The maximum absolute atomic E-state index is 14.2. The van der Waals surface area contributed by atoms with E-state index in [2.05, 4.69) is 12.1 Å². The Morgan fingerprint density at radius 2 is 1.75 bits per heavy atom. The molecule has 104 valence electrons. The second-order valence-corrected chi connectivity index (χ2v) is 5.59. The molecule has 2 nitrogen and oxygen atoms in total. The van der Waals surface area contributed by atoms with E-state index >= 15 is 0 Å². The van der Waals surface area contributed by atoms with Gasteiger partial charge in [0.2, 0.25) is 0 Å². The number of nitrogens with two attached hydrogens (primary N) is 1. The number of rotatable bonds is 3. The van der Waals surface area contributed by atoms with Gasteiger partial charge in [-0.1, -0.05) is 36.4 Å². The molecule has 0 heterocycles. The number of ether oxygens (including phenoxy) is 1. The van der Waals surface area contributed by atoms with Gasteiger partial charge in [0.25, 0.3) is 0 Å². The second kappa shape index (κ2) is 4.91. The third-order valence-corrected chi connectivity index (χ3v) is 4.01. The van der Waals surface area contributed by atoms with E-state index in [0.717, 1.165) is 12.8 Å². The molecule has 2 aromatic rings. The van der Waals surface area contributed by atoms with Crippen molar-refractivity contribution in [2.45, 2.75) is 24.8 Å². The Hall–Kier alpha value is -1.87. The highest BCUT2D eigenvalue weighted by Crippen LogP contribution is 2.32. The fraction of sp³-hybridized carbons (Fsp3) is 0.294. The molecular weight excluding hydrogens is 253 g/mol. The van der Waals surface area contributed by atoms with Crippen molar-refractivity contribution in [2.24, 2.45) is 5.73 Å². The molecule has 2 N–H and O–H groups in total. The summed E-state index contributed by atoms with van der Waals surface area (Å²) in [7, 11) is 1.48. The summed E-state index contributed by atoms with van der Waals surface area (Å²) in [4.78, 5) is 0. The monoisotopic (exact) mass is 271 g/mol. The Labute approximate surface area is 118 Å². The van der Waals surface area contributed by atoms with Crippen molar-refractivity contribution in [1.29, 1.82) is 0 Å². The predicted octanol–water partition coefficient (Wildman–Crippen LogP) is 2.87. The molecule has 0 saturated carbocycles.